The SMILES string of the molecule is CCOC(=O)c1ccc(/C=C(\C)C2c3ccccc3CC(C)(C)CC2(C)C)cc1. The lowest BCUT2D eigenvalue weighted by Crippen LogP contribution is -2.27. The van der Waals surface area contributed by atoms with E-state index in [9.17, 15) is 4.79 Å². The molecule has 0 bridgehead atoms. The Balaban J connectivity index is 1.98. The Kier molecular flexibility index (Phi) is 6.03. The van der Waals surface area contributed by atoms with Gasteiger partial charge in [0, 0.05) is 5.92 Å². The normalized spacial score (nSPS) is 20.5. The maximum Gasteiger partial charge on any atom is 0.338 e. The van der Waals surface area contributed by atoms with Crippen molar-refractivity contribution in [2.75, 3.05) is 6.61 Å². The van der Waals surface area contributed by atoms with E-state index in [1.165, 1.54) is 23.1 Å². The number of hydrogen-bond acceptors (Lipinski definition) is 2. The Hall–Kier alpha value is -2.35. The first-order chi connectivity index (χ1) is 13.6. The smallest absolute Gasteiger partial charge is 0.338 e. The molecule has 0 N–H and O–H groups in total. The standard InChI is InChI=1S/C27H34O2/c1-7-29-25(28)21-14-12-20(13-15-21)16-19(2)24-23-11-9-8-10-22(23)17-26(3,4)18-27(24,5)6/h8-16,24H,7,17-18H2,1-6H3/b19-16+. The highest BCUT2D eigenvalue weighted by Gasteiger charge is 2.41. The van der Waals surface area contributed by atoms with Crippen LogP contribution in [0.25, 0.3) is 6.08 Å². The molecular weight excluding hydrogens is 356 g/mol. The van der Waals surface area contributed by atoms with Crippen LogP contribution in [0.2, 0.25) is 0 Å². The molecule has 2 aromatic carbocycles. The van der Waals surface area contributed by atoms with Gasteiger partial charge in [0.15, 0.2) is 0 Å². The predicted octanol–water partition coefficient (Wildman–Crippen LogP) is 7.05. The first kappa shape index (κ1) is 21.4. The fourth-order valence-corrected chi connectivity index (χ4v) is 5.45. The number of fused-ring (bicyclic) bond motifs is 1. The van der Waals surface area contributed by atoms with Crippen LogP contribution in [0.5, 0.6) is 0 Å². The molecule has 0 radical (unpaired) electrons. The van der Waals surface area contributed by atoms with Gasteiger partial charge in [-0.2, -0.15) is 0 Å². The van der Waals surface area contributed by atoms with Crippen molar-refractivity contribution in [2.24, 2.45) is 10.8 Å². The molecule has 1 aliphatic carbocycles. The van der Waals surface area contributed by atoms with Gasteiger partial charge in [-0.05, 0) is 66.3 Å². The number of esters is 1. The fourth-order valence-electron chi connectivity index (χ4n) is 5.45. The number of benzene rings is 2. The number of rotatable bonds is 4. The van der Waals surface area contributed by atoms with Gasteiger partial charge >= 0.3 is 5.97 Å². The summed E-state index contributed by atoms with van der Waals surface area (Å²) in [4.78, 5) is 11.9. The van der Waals surface area contributed by atoms with Crippen LogP contribution in [0.4, 0.5) is 0 Å². The van der Waals surface area contributed by atoms with E-state index in [-0.39, 0.29) is 16.8 Å². The van der Waals surface area contributed by atoms with E-state index in [0.29, 0.717) is 18.1 Å². The van der Waals surface area contributed by atoms with Gasteiger partial charge < -0.3 is 4.74 Å². The summed E-state index contributed by atoms with van der Waals surface area (Å²) in [7, 11) is 0. The number of carbonyl (C=O) groups excluding carboxylic acids is 1. The molecule has 0 aromatic heterocycles. The summed E-state index contributed by atoms with van der Waals surface area (Å²) in [5, 5.41) is 0. The third kappa shape index (κ3) is 4.80. The van der Waals surface area contributed by atoms with Gasteiger partial charge in [-0.1, -0.05) is 75.7 Å². The van der Waals surface area contributed by atoms with Crippen molar-refractivity contribution >= 4 is 12.0 Å². The molecule has 0 heterocycles. The molecule has 2 nitrogen and oxygen atoms in total. The van der Waals surface area contributed by atoms with Gasteiger partial charge in [-0.15, -0.1) is 0 Å². The third-order valence-electron chi connectivity index (χ3n) is 6.02. The first-order valence-corrected chi connectivity index (χ1v) is 10.7. The Labute approximate surface area is 176 Å². The van der Waals surface area contributed by atoms with E-state index in [1.807, 2.05) is 31.2 Å². The maximum absolute atomic E-state index is 11.9. The molecule has 1 unspecified atom stereocenters. The summed E-state index contributed by atoms with van der Waals surface area (Å²) in [5.41, 5.74) is 6.44. The summed E-state index contributed by atoms with van der Waals surface area (Å²) in [6, 6.07) is 16.7. The van der Waals surface area contributed by atoms with Gasteiger partial charge in [0.25, 0.3) is 0 Å². The Morgan fingerprint density at radius 3 is 2.38 bits per heavy atom. The van der Waals surface area contributed by atoms with Crippen molar-refractivity contribution in [3.63, 3.8) is 0 Å². The predicted molar refractivity (Wildman–Crippen MR) is 121 cm³/mol. The van der Waals surface area contributed by atoms with Crippen molar-refractivity contribution in [1.29, 1.82) is 0 Å². The van der Waals surface area contributed by atoms with Crippen LogP contribution in [0.3, 0.4) is 0 Å². The lowest BCUT2D eigenvalue weighted by Gasteiger charge is -2.38. The summed E-state index contributed by atoms with van der Waals surface area (Å²) >= 11 is 0. The highest BCUT2D eigenvalue weighted by molar-refractivity contribution is 5.89. The monoisotopic (exact) mass is 390 g/mol. The van der Waals surface area contributed by atoms with E-state index in [2.05, 4.69) is 65.0 Å². The Morgan fingerprint density at radius 2 is 1.72 bits per heavy atom. The maximum atomic E-state index is 11.9. The molecule has 0 fully saturated rings. The zero-order valence-corrected chi connectivity index (χ0v) is 18.7. The zero-order valence-electron chi connectivity index (χ0n) is 18.7. The molecule has 1 atom stereocenters. The average Bonchev–Trinajstić information content (AvgIpc) is 2.70. The molecule has 3 rings (SSSR count). The topological polar surface area (TPSA) is 26.3 Å². The second kappa shape index (κ2) is 8.18. The second-order valence-electron chi connectivity index (χ2n) is 9.87. The van der Waals surface area contributed by atoms with Gasteiger partial charge in [0.05, 0.1) is 12.2 Å². The van der Waals surface area contributed by atoms with Crippen LogP contribution in [0.15, 0.2) is 54.1 Å². The van der Waals surface area contributed by atoms with Crippen LogP contribution < -0.4 is 0 Å². The van der Waals surface area contributed by atoms with Crippen LogP contribution in [0, 0.1) is 10.8 Å². The van der Waals surface area contributed by atoms with Gasteiger partial charge in [0.1, 0.15) is 0 Å². The summed E-state index contributed by atoms with van der Waals surface area (Å²) in [6.07, 6.45) is 4.56. The molecule has 1 aliphatic rings. The highest BCUT2D eigenvalue weighted by atomic mass is 16.5. The van der Waals surface area contributed by atoms with Crippen LogP contribution in [0.1, 0.15) is 80.9 Å². The van der Waals surface area contributed by atoms with Gasteiger partial charge in [-0.25, -0.2) is 4.79 Å². The second-order valence-corrected chi connectivity index (χ2v) is 9.87. The minimum absolute atomic E-state index is 0.154. The summed E-state index contributed by atoms with van der Waals surface area (Å²) in [5.74, 6) is 0.103. The van der Waals surface area contributed by atoms with Crippen LogP contribution in [-0.4, -0.2) is 12.6 Å². The van der Waals surface area contributed by atoms with E-state index in [4.69, 9.17) is 4.74 Å². The summed E-state index contributed by atoms with van der Waals surface area (Å²) in [6.45, 7) is 14.1. The van der Waals surface area contributed by atoms with Gasteiger partial charge in [-0.3, -0.25) is 0 Å². The quantitative estimate of drug-likeness (QED) is 0.413. The largest absolute Gasteiger partial charge is 0.462 e. The number of carbonyl (C=O) groups is 1. The minimum Gasteiger partial charge on any atom is -0.462 e. The van der Waals surface area contributed by atoms with Gasteiger partial charge in [0.2, 0.25) is 0 Å². The fraction of sp³-hybridized carbons (Fsp3) is 0.444. The molecule has 2 aromatic rings. The number of allylic oxidation sites excluding steroid dienone is 1. The van der Waals surface area contributed by atoms with Crippen molar-refractivity contribution in [1.82, 2.24) is 0 Å². The molecule has 29 heavy (non-hydrogen) atoms. The molecule has 0 aliphatic heterocycles. The Morgan fingerprint density at radius 1 is 1.07 bits per heavy atom. The van der Waals surface area contributed by atoms with E-state index >= 15 is 0 Å². The third-order valence-corrected chi connectivity index (χ3v) is 6.02. The van der Waals surface area contributed by atoms with E-state index in [0.717, 1.165) is 12.0 Å². The van der Waals surface area contributed by atoms with Crippen LogP contribution >= 0.6 is 0 Å². The highest BCUT2D eigenvalue weighted by Crippen LogP contribution is 2.52. The zero-order chi connectivity index (χ0) is 21.2. The molecule has 154 valence electrons. The van der Waals surface area contributed by atoms with Crippen molar-refractivity contribution in [2.45, 2.75) is 60.3 Å². The molecule has 0 spiro atoms. The molecule has 0 saturated carbocycles. The number of hydrogen-bond donors (Lipinski definition) is 0. The molecule has 2 heteroatoms. The number of ether oxygens (including phenoxy) is 1. The lowest BCUT2D eigenvalue weighted by molar-refractivity contribution is 0.0526. The first-order valence-electron chi connectivity index (χ1n) is 10.7. The average molecular weight is 391 g/mol. The van der Waals surface area contributed by atoms with E-state index in [1.54, 1.807) is 0 Å². The minimum atomic E-state index is -0.263. The molecule has 0 amide bonds. The van der Waals surface area contributed by atoms with E-state index < -0.39 is 0 Å². The Bertz CT molecular complexity index is 900. The van der Waals surface area contributed by atoms with Crippen molar-refractivity contribution < 1.29 is 9.53 Å². The lowest BCUT2D eigenvalue weighted by atomic mass is 9.66. The van der Waals surface area contributed by atoms with Crippen LogP contribution in [-0.2, 0) is 11.2 Å². The summed E-state index contributed by atoms with van der Waals surface area (Å²) < 4.78 is 5.09. The van der Waals surface area contributed by atoms with Crippen molar-refractivity contribution in [3.8, 4) is 0 Å². The molecule has 0 saturated heterocycles. The molecular formula is C27H34O2. The van der Waals surface area contributed by atoms with Crippen molar-refractivity contribution in [3.05, 3.63) is 76.4 Å².